The van der Waals surface area contributed by atoms with Crippen molar-refractivity contribution in [1.82, 2.24) is 25.8 Å². The largest absolute Gasteiger partial charge is 0.356 e. The van der Waals surface area contributed by atoms with Crippen molar-refractivity contribution in [2.75, 3.05) is 13.1 Å². The van der Waals surface area contributed by atoms with E-state index in [0.717, 1.165) is 10.9 Å². The van der Waals surface area contributed by atoms with Crippen molar-refractivity contribution in [2.24, 2.45) is 29.1 Å². The molecular formula is C30H39N5O5. The Morgan fingerprint density at radius 1 is 1.18 bits per heavy atom. The summed E-state index contributed by atoms with van der Waals surface area (Å²) >= 11 is 0. The monoisotopic (exact) mass is 549 g/mol. The number of hydrogen-bond donors (Lipinski definition) is 4. The van der Waals surface area contributed by atoms with Crippen molar-refractivity contribution in [3.05, 3.63) is 36.0 Å². The van der Waals surface area contributed by atoms with E-state index < -0.39 is 18.1 Å². The second-order valence-corrected chi connectivity index (χ2v) is 12.6. The Morgan fingerprint density at radius 3 is 2.58 bits per heavy atom. The smallest absolute Gasteiger partial charge is 0.268 e. The second-order valence-electron chi connectivity index (χ2n) is 12.6. The fourth-order valence-corrected chi connectivity index (χ4v) is 6.73. The highest BCUT2D eigenvalue weighted by Gasteiger charge is 2.69. The standard InChI is InChI=1S/C30H39N5O5/c1-16(2)11-23(34-27(38)22-13-17-7-5-6-8-21(17)33-22)29(40)35-14-20-24(30(20,3)4)25(35)28(39)32-19(15-36)12-18-9-10-31-26(18)37/h5-8,13,15-16,18-20,23-25,33H,9-12,14H2,1-4H3,(H,31,37)(H,32,39)(H,34,38)/t18-,19?,20-,23-,24-,25-/m0/s1. The molecule has 5 rings (SSSR count). The Labute approximate surface area is 234 Å². The molecule has 3 fully saturated rings. The fourth-order valence-electron chi connectivity index (χ4n) is 6.73. The summed E-state index contributed by atoms with van der Waals surface area (Å²) in [6.07, 6.45) is 1.94. The van der Waals surface area contributed by atoms with E-state index in [0.29, 0.717) is 37.9 Å². The number of benzene rings is 1. The van der Waals surface area contributed by atoms with E-state index in [1.165, 1.54) is 0 Å². The van der Waals surface area contributed by atoms with Gasteiger partial charge in [0.05, 0.1) is 6.04 Å². The van der Waals surface area contributed by atoms with Gasteiger partial charge in [-0.2, -0.15) is 0 Å². The van der Waals surface area contributed by atoms with Gasteiger partial charge in [0.1, 0.15) is 24.1 Å². The van der Waals surface area contributed by atoms with Crippen molar-refractivity contribution >= 4 is 40.8 Å². The third-order valence-electron chi connectivity index (χ3n) is 9.04. The lowest BCUT2D eigenvalue weighted by atomic mass is 9.96. The highest BCUT2D eigenvalue weighted by Crippen LogP contribution is 2.65. The van der Waals surface area contributed by atoms with E-state index in [4.69, 9.17) is 0 Å². The van der Waals surface area contributed by atoms with Gasteiger partial charge >= 0.3 is 0 Å². The molecule has 2 aromatic rings. The van der Waals surface area contributed by atoms with Crippen molar-refractivity contribution in [2.45, 2.75) is 65.1 Å². The summed E-state index contributed by atoms with van der Waals surface area (Å²) in [5, 5.41) is 9.41. The van der Waals surface area contributed by atoms with Crippen LogP contribution in [0.4, 0.5) is 0 Å². The molecule has 0 spiro atoms. The first-order valence-electron chi connectivity index (χ1n) is 14.2. The number of aromatic nitrogens is 1. The molecule has 2 saturated heterocycles. The number of amides is 4. The zero-order chi connectivity index (χ0) is 28.8. The minimum Gasteiger partial charge on any atom is -0.356 e. The lowest BCUT2D eigenvalue weighted by Gasteiger charge is -2.34. The van der Waals surface area contributed by atoms with Gasteiger partial charge in [-0.25, -0.2) is 0 Å². The van der Waals surface area contributed by atoms with Gasteiger partial charge in [0.2, 0.25) is 17.7 Å². The molecule has 1 aromatic heterocycles. The molecule has 4 amide bonds. The number of para-hydroxylation sites is 1. The maximum absolute atomic E-state index is 14.0. The Hall–Kier alpha value is -3.69. The number of aromatic amines is 1. The Morgan fingerprint density at radius 2 is 1.93 bits per heavy atom. The van der Waals surface area contributed by atoms with Gasteiger partial charge in [-0.3, -0.25) is 19.2 Å². The predicted molar refractivity (Wildman–Crippen MR) is 149 cm³/mol. The molecule has 3 aliphatic rings. The van der Waals surface area contributed by atoms with E-state index in [9.17, 15) is 24.0 Å². The number of fused-ring (bicyclic) bond motifs is 2. The molecule has 1 saturated carbocycles. The third-order valence-corrected chi connectivity index (χ3v) is 9.04. The Bertz CT molecular complexity index is 1300. The summed E-state index contributed by atoms with van der Waals surface area (Å²) in [5.41, 5.74) is 1.09. The molecule has 1 unspecified atom stereocenters. The van der Waals surface area contributed by atoms with Crippen LogP contribution in [-0.4, -0.2) is 71.0 Å². The SMILES string of the molecule is CC(C)C[C@H](NC(=O)c1cc2ccccc2[nH]1)C(=O)N1C[C@H]2[C@@H]([C@H]1C(=O)NC(C=O)C[C@@H]1CCNC1=O)C2(C)C. The van der Waals surface area contributed by atoms with Crippen LogP contribution in [0.1, 0.15) is 57.4 Å². The Kier molecular flexibility index (Phi) is 7.46. The van der Waals surface area contributed by atoms with Gasteiger partial charge in [0.25, 0.3) is 5.91 Å². The quantitative estimate of drug-likeness (QED) is 0.336. The molecule has 1 aliphatic carbocycles. The van der Waals surface area contributed by atoms with Crippen LogP contribution in [0.5, 0.6) is 0 Å². The van der Waals surface area contributed by atoms with Crippen molar-refractivity contribution < 1.29 is 24.0 Å². The molecule has 6 atom stereocenters. The number of hydrogen-bond acceptors (Lipinski definition) is 5. The molecule has 10 nitrogen and oxygen atoms in total. The van der Waals surface area contributed by atoms with Gasteiger partial charge in [-0.15, -0.1) is 0 Å². The maximum Gasteiger partial charge on any atom is 0.268 e. The van der Waals surface area contributed by atoms with Crippen LogP contribution in [-0.2, 0) is 19.2 Å². The topological polar surface area (TPSA) is 140 Å². The van der Waals surface area contributed by atoms with Crippen LogP contribution < -0.4 is 16.0 Å². The van der Waals surface area contributed by atoms with Gasteiger partial charge in [0, 0.05) is 29.9 Å². The maximum atomic E-state index is 14.0. The summed E-state index contributed by atoms with van der Waals surface area (Å²) < 4.78 is 0. The first-order chi connectivity index (χ1) is 19.0. The average Bonchev–Trinajstić information content (AvgIpc) is 3.42. The fraction of sp³-hybridized carbons (Fsp3) is 0.567. The number of H-pyrrole nitrogens is 1. The van der Waals surface area contributed by atoms with Gasteiger partial charge in [-0.05, 0) is 54.6 Å². The lowest BCUT2D eigenvalue weighted by Crippen LogP contribution is -2.57. The van der Waals surface area contributed by atoms with Crippen molar-refractivity contribution in [1.29, 1.82) is 0 Å². The number of likely N-dealkylation sites (tertiary alicyclic amines) is 1. The summed E-state index contributed by atoms with van der Waals surface area (Å²) in [5.74, 6) is -1.24. The van der Waals surface area contributed by atoms with Gasteiger partial charge in [-0.1, -0.05) is 45.9 Å². The Balaban J connectivity index is 1.33. The van der Waals surface area contributed by atoms with Crippen LogP contribution in [0.25, 0.3) is 10.9 Å². The molecule has 1 aromatic carbocycles. The van der Waals surface area contributed by atoms with Crippen LogP contribution in [0.3, 0.4) is 0 Å². The molecule has 4 N–H and O–H groups in total. The summed E-state index contributed by atoms with van der Waals surface area (Å²) in [6.45, 7) is 9.13. The molecule has 10 heteroatoms. The van der Waals surface area contributed by atoms with Crippen LogP contribution >= 0.6 is 0 Å². The molecular weight excluding hydrogens is 510 g/mol. The zero-order valence-corrected chi connectivity index (χ0v) is 23.5. The molecule has 2 aliphatic heterocycles. The minimum absolute atomic E-state index is 0.0392. The van der Waals surface area contributed by atoms with Gasteiger partial charge < -0.3 is 30.6 Å². The highest BCUT2D eigenvalue weighted by atomic mass is 16.2. The van der Waals surface area contributed by atoms with E-state index in [2.05, 4.69) is 34.8 Å². The number of carbonyl (C=O) groups excluding carboxylic acids is 5. The first-order valence-corrected chi connectivity index (χ1v) is 14.2. The normalized spacial score (nSPS) is 26.2. The number of rotatable bonds is 10. The van der Waals surface area contributed by atoms with E-state index >= 15 is 0 Å². The number of aldehydes is 1. The van der Waals surface area contributed by atoms with Crippen molar-refractivity contribution in [3.63, 3.8) is 0 Å². The van der Waals surface area contributed by atoms with Crippen LogP contribution in [0.2, 0.25) is 0 Å². The van der Waals surface area contributed by atoms with E-state index in [1.807, 2.05) is 38.1 Å². The van der Waals surface area contributed by atoms with E-state index in [1.54, 1.807) is 11.0 Å². The first kappa shape index (κ1) is 27.9. The van der Waals surface area contributed by atoms with Crippen LogP contribution in [0, 0.1) is 29.1 Å². The van der Waals surface area contributed by atoms with E-state index in [-0.39, 0.29) is 59.1 Å². The van der Waals surface area contributed by atoms with Crippen LogP contribution in [0.15, 0.2) is 30.3 Å². The summed E-state index contributed by atoms with van der Waals surface area (Å²) in [4.78, 5) is 69.5. The summed E-state index contributed by atoms with van der Waals surface area (Å²) in [6, 6.07) is 6.97. The van der Waals surface area contributed by atoms with Crippen molar-refractivity contribution in [3.8, 4) is 0 Å². The molecule has 0 bridgehead atoms. The number of carbonyl (C=O) groups is 5. The number of nitrogens with zero attached hydrogens (tertiary/aromatic N) is 1. The van der Waals surface area contributed by atoms with Gasteiger partial charge in [0.15, 0.2) is 0 Å². The highest BCUT2D eigenvalue weighted by molar-refractivity contribution is 6.01. The summed E-state index contributed by atoms with van der Waals surface area (Å²) in [7, 11) is 0. The second kappa shape index (κ2) is 10.7. The minimum atomic E-state index is -0.813. The lowest BCUT2D eigenvalue weighted by molar-refractivity contribution is -0.142. The molecule has 0 radical (unpaired) electrons. The number of nitrogens with one attached hydrogen (secondary N) is 4. The molecule has 40 heavy (non-hydrogen) atoms. The third kappa shape index (κ3) is 5.23. The predicted octanol–water partition coefficient (Wildman–Crippen LogP) is 2.01. The zero-order valence-electron chi connectivity index (χ0n) is 23.5. The molecule has 3 heterocycles. The molecule has 214 valence electrons. The average molecular weight is 550 g/mol. The number of piperidine rings is 1.